The SMILES string of the molecule is CC(C)[C@@H](NC(=O)[C@@H](Cc1ccc(O)cc1)NC(=O)[C@H](NC(=O)C(F)(F)F)C(C)C)C(=O)O. The molecule has 184 valence electrons. The summed E-state index contributed by atoms with van der Waals surface area (Å²) in [6, 6.07) is 1.35. The first-order chi connectivity index (χ1) is 15.1. The molecule has 0 unspecified atom stereocenters. The standard InChI is InChI=1S/C21H28F3N3O6/c1-10(2)15(27-20(33)21(22,23)24)18(30)25-14(9-12-5-7-13(28)8-6-12)17(29)26-16(11(3)4)19(31)32/h5-8,10-11,14-16,28H,9H2,1-4H3,(H,25,30)(H,26,29)(H,27,33)(H,31,32)/t14-,15-,16-/m1/s1. The second kappa shape index (κ2) is 11.5. The van der Waals surface area contributed by atoms with Crippen LogP contribution >= 0.6 is 0 Å². The number of phenols is 1. The van der Waals surface area contributed by atoms with Gasteiger partial charge in [-0.2, -0.15) is 13.2 Å². The number of carboxylic acid groups (broad SMARTS) is 1. The van der Waals surface area contributed by atoms with E-state index >= 15 is 0 Å². The number of halogens is 3. The molecule has 0 heterocycles. The number of hydrogen-bond acceptors (Lipinski definition) is 5. The van der Waals surface area contributed by atoms with Crippen LogP contribution in [0.5, 0.6) is 5.75 Å². The summed E-state index contributed by atoms with van der Waals surface area (Å²) in [7, 11) is 0. The van der Waals surface area contributed by atoms with Crippen LogP contribution in [0.3, 0.4) is 0 Å². The fourth-order valence-corrected chi connectivity index (χ4v) is 2.86. The van der Waals surface area contributed by atoms with Gasteiger partial charge in [0.05, 0.1) is 0 Å². The van der Waals surface area contributed by atoms with Crippen molar-refractivity contribution in [2.24, 2.45) is 11.8 Å². The van der Waals surface area contributed by atoms with E-state index in [1.807, 2.05) is 0 Å². The Morgan fingerprint density at radius 2 is 1.36 bits per heavy atom. The number of benzene rings is 1. The Balaban J connectivity index is 3.16. The molecule has 0 aliphatic heterocycles. The van der Waals surface area contributed by atoms with Gasteiger partial charge in [0.1, 0.15) is 23.9 Å². The first-order valence-corrected chi connectivity index (χ1v) is 10.1. The second-order valence-corrected chi connectivity index (χ2v) is 8.19. The summed E-state index contributed by atoms with van der Waals surface area (Å²) >= 11 is 0. The maximum absolute atomic E-state index is 12.8. The number of amides is 3. The van der Waals surface area contributed by atoms with E-state index in [1.165, 1.54) is 38.1 Å². The van der Waals surface area contributed by atoms with Gasteiger partial charge in [-0.05, 0) is 29.5 Å². The van der Waals surface area contributed by atoms with E-state index in [-0.39, 0.29) is 12.2 Å². The molecule has 0 bridgehead atoms. The Kier molecular flexibility index (Phi) is 9.68. The number of aromatic hydroxyl groups is 1. The molecule has 12 heteroatoms. The van der Waals surface area contributed by atoms with E-state index in [1.54, 1.807) is 19.2 Å². The molecule has 0 aliphatic rings. The highest BCUT2D eigenvalue weighted by molar-refractivity contribution is 5.94. The van der Waals surface area contributed by atoms with Gasteiger partial charge in [-0.15, -0.1) is 0 Å². The van der Waals surface area contributed by atoms with Crippen LogP contribution in [0.1, 0.15) is 33.3 Å². The van der Waals surface area contributed by atoms with E-state index < -0.39 is 59.8 Å². The van der Waals surface area contributed by atoms with Crippen molar-refractivity contribution in [2.75, 3.05) is 0 Å². The van der Waals surface area contributed by atoms with E-state index in [4.69, 9.17) is 0 Å². The maximum atomic E-state index is 12.8. The van der Waals surface area contributed by atoms with Gasteiger partial charge in [0.15, 0.2) is 0 Å². The van der Waals surface area contributed by atoms with Gasteiger partial charge >= 0.3 is 18.1 Å². The molecular formula is C21H28F3N3O6. The third-order valence-corrected chi connectivity index (χ3v) is 4.73. The highest BCUT2D eigenvalue weighted by atomic mass is 19.4. The minimum absolute atomic E-state index is 0.0516. The van der Waals surface area contributed by atoms with Crippen molar-refractivity contribution in [3.05, 3.63) is 29.8 Å². The lowest BCUT2D eigenvalue weighted by molar-refractivity contribution is -0.175. The molecule has 3 atom stereocenters. The highest BCUT2D eigenvalue weighted by Gasteiger charge is 2.42. The fourth-order valence-electron chi connectivity index (χ4n) is 2.86. The van der Waals surface area contributed by atoms with Crippen LogP contribution < -0.4 is 16.0 Å². The fraction of sp³-hybridized carbons (Fsp3) is 0.524. The van der Waals surface area contributed by atoms with Crippen LogP contribution in [0.25, 0.3) is 0 Å². The van der Waals surface area contributed by atoms with Gasteiger partial charge in [0.25, 0.3) is 0 Å². The van der Waals surface area contributed by atoms with Gasteiger partial charge in [-0.1, -0.05) is 39.8 Å². The summed E-state index contributed by atoms with van der Waals surface area (Å²) in [5, 5.41) is 25.0. The third kappa shape index (κ3) is 8.62. The number of phenolic OH excluding ortho intramolecular Hbond substituents is 1. The predicted molar refractivity (Wildman–Crippen MR) is 111 cm³/mol. The molecule has 0 spiro atoms. The molecule has 0 saturated heterocycles. The molecule has 0 aliphatic carbocycles. The molecule has 3 amide bonds. The topological polar surface area (TPSA) is 145 Å². The van der Waals surface area contributed by atoms with Crippen molar-refractivity contribution in [1.29, 1.82) is 0 Å². The van der Waals surface area contributed by atoms with Gasteiger partial charge in [-0.3, -0.25) is 14.4 Å². The summed E-state index contributed by atoms with van der Waals surface area (Å²) in [5.41, 5.74) is 0.477. The zero-order valence-electron chi connectivity index (χ0n) is 18.6. The highest BCUT2D eigenvalue weighted by Crippen LogP contribution is 2.16. The van der Waals surface area contributed by atoms with Crippen LogP contribution in [0.4, 0.5) is 13.2 Å². The summed E-state index contributed by atoms with van der Waals surface area (Å²) in [4.78, 5) is 48.4. The van der Waals surface area contributed by atoms with Crippen molar-refractivity contribution in [2.45, 2.75) is 58.4 Å². The molecule has 1 aromatic carbocycles. The second-order valence-electron chi connectivity index (χ2n) is 8.19. The molecule has 0 radical (unpaired) electrons. The summed E-state index contributed by atoms with van der Waals surface area (Å²) in [6.45, 7) is 5.95. The lowest BCUT2D eigenvalue weighted by atomic mass is 9.99. The van der Waals surface area contributed by atoms with E-state index in [0.29, 0.717) is 5.56 Å². The molecule has 1 aromatic rings. The maximum Gasteiger partial charge on any atom is 0.471 e. The van der Waals surface area contributed by atoms with Crippen LogP contribution in [0.15, 0.2) is 24.3 Å². The van der Waals surface area contributed by atoms with E-state index in [2.05, 4.69) is 10.6 Å². The number of carbonyl (C=O) groups excluding carboxylic acids is 3. The summed E-state index contributed by atoms with van der Waals surface area (Å²) in [6.07, 6.45) is -5.36. The Morgan fingerprint density at radius 3 is 1.79 bits per heavy atom. The van der Waals surface area contributed by atoms with Crippen molar-refractivity contribution in [3.63, 3.8) is 0 Å². The normalized spacial score (nSPS) is 14.3. The Labute approximate surface area is 188 Å². The van der Waals surface area contributed by atoms with Gasteiger partial charge in [-0.25, -0.2) is 4.79 Å². The quantitative estimate of drug-likeness (QED) is 0.345. The molecule has 33 heavy (non-hydrogen) atoms. The lowest BCUT2D eigenvalue weighted by Gasteiger charge is -2.27. The summed E-state index contributed by atoms with van der Waals surface area (Å²) in [5.74, 6) is -6.82. The predicted octanol–water partition coefficient (Wildman–Crippen LogP) is 1.35. The van der Waals surface area contributed by atoms with Crippen LogP contribution in [-0.2, 0) is 25.6 Å². The number of aliphatic carboxylic acids is 1. The van der Waals surface area contributed by atoms with E-state index in [0.717, 1.165) is 0 Å². The molecule has 0 fully saturated rings. The molecule has 5 N–H and O–H groups in total. The first kappa shape index (κ1) is 27.7. The van der Waals surface area contributed by atoms with Crippen molar-refractivity contribution >= 4 is 23.7 Å². The average molecular weight is 475 g/mol. The molecular weight excluding hydrogens is 447 g/mol. The van der Waals surface area contributed by atoms with Crippen LogP contribution in [0, 0.1) is 11.8 Å². The van der Waals surface area contributed by atoms with Crippen molar-refractivity contribution < 1.29 is 42.6 Å². The number of alkyl halides is 3. The minimum Gasteiger partial charge on any atom is -0.508 e. The minimum atomic E-state index is -5.21. The number of carboxylic acids is 1. The number of nitrogens with one attached hydrogen (secondary N) is 3. The van der Waals surface area contributed by atoms with Crippen LogP contribution in [0.2, 0.25) is 0 Å². The average Bonchev–Trinajstić information content (AvgIpc) is 2.69. The van der Waals surface area contributed by atoms with Gasteiger partial charge in [0.2, 0.25) is 11.8 Å². The van der Waals surface area contributed by atoms with Crippen molar-refractivity contribution in [3.8, 4) is 5.75 Å². The number of rotatable bonds is 10. The molecule has 0 saturated carbocycles. The monoisotopic (exact) mass is 475 g/mol. The Bertz CT molecular complexity index is 856. The zero-order chi connectivity index (χ0) is 25.5. The third-order valence-electron chi connectivity index (χ3n) is 4.73. The van der Waals surface area contributed by atoms with Crippen LogP contribution in [-0.4, -0.2) is 58.2 Å². The van der Waals surface area contributed by atoms with Crippen molar-refractivity contribution in [1.82, 2.24) is 16.0 Å². The number of hydrogen-bond donors (Lipinski definition) is 5. The van der Waals surface area contributed by atoms with Gasteiger partial charge in [0, 0.05) is 6.42 Å². The summed E-state index contributed by atoms with van der Waals surface area (Å²) < 4.78 is 38.0. The molecule has 9 nitrogen and oxygen atoms in total. The Morgan fingerprint density at radius 1 is 0.848 bits per heavy atom. The lowest BCUT2D eigenvalue weighted by Crippen LogP contribution is -2.59. The zero-order valence-corrected chi connectivity index (χ0v) is 18.6. The largest absolute Gasteiger partial charge is 0.508 e. The first-order valence-electron chi connectivity index (χ1n) is 10.1. The molecule has 1 rings (SSSR count). The van der Waals surface area contributed by atoms with E-state index in [9.17, 15) is 42.6 Å². The molecule has 0 aromatic heterocycles. The number of carbonyl (C=O) groups is 4. The van der Waals surface area contributed by atoms with Gasteiger partial charge < -0.3 is 26.2 Å². The Hall–Kier alpha value is -3.31. The smallest absolute Gasteiger partial charge is 0.471 e.